The molecule has 5 nitrogen and oxygen atoms in total. The van der Waals surface area contributed by atoms with Gasteiger partial charge in [0.05, 0.1) is 0 Å². The van der Waals surface area contributed by atoms with Gasteiger partial charge < -0.3 is 20.3 Å². The first-order valence-electron chi connectivity index (χ1n) is 7.22. The van der Waals surface area contributed by atoms with Crippen LogP contribution in [-0.4, -0.2) is 29.0 Å². The number of nitrogens with one attached hydrogen (secondary N) is 1. The van der Waals surface area contributed by atoms with Gasteiger partial charge in [0, 0.05) is 16.0 Å². The smallest absolute Gasteiger partial charge is 0.407 e. The van der Waals surface area contributed by atoms with Crippen molar-refractivity contribution in [2.75, 3.05) is 6.54 Å². The van der Waals surface area contributed by atoms with Crippen molar-refractivity contribution >= 4 is 33.6 Å². The lowest BCUT2D eigenvalue weighted by molar-refractivity contribution is 0.0184. The summed E-state index contributed by atoms with van der Waals surface area (Å²) in [5.74, 6) is 0. The number of aliphatic hydroxyl groups excluding tert-OH is 2. The molecule has 1 amide bonds. The minimum atomic E-state index is -1.19. The summed E-state index contributed by atoms with van der Waals surface area (Å²) in [6.07, 6.45) is -3.05. The fourth-order valence-electron chi connectivity index (χ4n) is 2.04. The van der Waals surface area contributed by atoms with Gasteiger partial charge in [-0.05, 0) is 29.3 Å². The van der Waals surface area contributed by atoms with Crippen molar-refractivity contribution in [2.24, 2.45) is 0 Å². The minimum Gasteiger partial charge on any atom is -0.445 e. The highest BCUT2D eigenvalue weighted by molar-refractivity contribution is 9.10. The third kappa shape index (κ3) is 5.79. The monoisotopic (exact) mass is 413 g/mol. The van der Waals surface area contributed by atoms with Gasteiger partial charge >= 0.3 is 6.09 Å². The molecule has 2 atom stereocenters. The zero-order valence-electron chi connectivity index (χ0n) is 12.7. The molecule has 0 aliphatic heterocycles. The maximum Gasteiger partial charge on any atom is 0.407 e. The number of carbonyl (C=O) groups excluding carboxylic acids is 1. The second-order valence-corrected chi connectivity index (χ2v) is 6.51. The predicted molar refractivity (Wildman–Crippen MR) is 94.7 cm³/mol. The van der Waals surface area contributed by atoms with Gasteiger partial charge in [0.25, 0.3) is 0 Å². The molecule has 24 heavy (non-hydrogen) atoms. The first kappa shape index (κ1) is 18.7. The molecule has 0 aromatic heterocycles. The Labute approximate surface area is 153 Å². The van der Waals surface area contributed by atoms with Crippen LogP contribution in [0, 0.1) is 0 Å². The number of hydrogen-bond acceptors (Lipinski definition) is 4. The topological polar surface area (TPSA) is 78.8 Å². The van der Waals surface area contributed by atoms with Crippen LogP contribution in [0.2, 0.25) is 5.02 Å². The molecule has 2 unspecified atom stereocenters. The average Bonchev–Trinajstić information content (AvgIpc) is 2.57. The first-order valence-corrected chi connectivity index (χ1v) is 8.39. The second-order valence-electron chi connectivity index (χ2n) is 5.16. The standard InChI is InChI=1S/C17H17BrClNO4/c18-13-6-12(7-14(19)8-13)16(22)15(21)9-20-17(23)24-10-11-4-2-1-3-5-11/h1-8,15-16,21-22H,9-10H2,(H,20,23). The number of benzene rings is 2. The van der Waals surface area contributed by atoms with Crippen LogP contribution in [0.1, 0.15) is 17.2 Å². The Balaban J connectivity index is 1.81. The van der Waals surface area contributed by atoms with Crippen molar-refractivity contribution in [2.45, 2.75) is 18.8 Å². The fraction of sp³-hybridized carbons (Fsp3) is 0.235. The molecule has 7 heteroatoms. The summed E-state index contributed by atoms with van der Waals surface area (Å²) in [7, 11) is 0. The van der Waals surface area contributed by atoms with E-state index >= 15 is 0 Å². The van der Waals surface area contributed by atoms with Crippen molar-refractivity contribution in [3.8, 4) is 0 Å². The predicted octanol–water partition coefficient (Wildman–Crippen LogP) is 3.42. The quantitative estimate of drug-likeness (QED) is 0.677. The van der Waals surface area contributed by atoms with Gasteiger partial charge in [-0.15, -0.1) is 0 Å². The van der Waals surface area contributed by atoms with E-state index in [1.807, 2.05) is 30.3 Å². The third-order valence-corrected chi connectivity index (χ3v) is 3.94. The summed E-state index contributed by atoms with van der Waals surface area (Å²) in [4.78, 5) is 11.6. The molecular formula is C17H17BrClNO4. The van der Waals surface area contributed by atoms with Crippen molar-refractivity contribution in [3.05, 3.63) is 69.2 Å². The van der Waals surface area contributed by atoms with Crippen molar-refractivity contribution < 1.29 is 19.7 Å². The van der Waals surface area contributed by atoms with Crippen LogP contribution in [0.15, 0.2) is 53.0 Å². The van der Waals surface area contributed by atoms with Crippen LogP contribution >= 0.6 is 27.5 Å². The number of ether oxygens (including phenoxy) is 1. The van der Waals surface area contributed by atoms with E-state index < -0.39 is 18.3 Å². The molecule has 0 bridgehead atoms. The van der Waals surface area contributed by atoms with E-state index in [9.17, 15) is 15.0 Å². The third-order valence-electron chi connectivity index (χ3n) is 3.26. The SMILES string of the molecule is O=C(NCC(O)C(O)c1cc(Cl)cc(Br)c1)OCc1ccccc1. The van der Waals surface area contributed by atoms with Gasteiger partial charge in [-0.3, -0.25) is 0 Å². The summed E-state index contributed by atoms with van der Waals surface area (Å²) in [5, 5.41) is 23.0. The maximum absolute atomic E-state index is 11.6. The van der Waals surface area contributed by atoms with Crippen LogP contribution in [0.25, 0.3) is 0 Å². The largest absolute Gasteiger partial charge is 0.445 e. The number of aliphatic hydroxyl groups is 2. The summed E-state index contributed by atoms with van der Waals surface area (Å²) in [6.45, 7) is -0.0223. The summed E-state index contributed by atoms with van der Waals surface area (Å²) >= 11 is 9.18. The zero-order valence-corrected chi connectivity index (χ0v) is 15.0. The van der Waals surface area contributed by atoms with Crippen molar-refractivity contribution in [1.29, 1.82) is 0 Å². The Kier molecular flexibility index (Phi) is 7.05. The normalized spacial score (nSPS) is 13.2. The fourth-order valence-corrected chi connectivity index (χ4v) is 2.93. The summed E-state index contributed by atoms with van der Waals surface area (Å²) < 4.78 is 5.72. The molecule has 0 spiro atoms. The highest BCUT2D eigenvalue weighted by Crippen LogP contribution is 2.25. The van der Waals surface area contributed by atoms with E-state index in [1.54, 1.807) is 18.2 Å². The molecule has 0 radical (unpaired) electrons. The van der Waals surface area contributed by atoms with Crippen molar-refractivity contribution in [3.63, 3.8) is 0 Å². The number of hydrogen-bond donors (Lipinski definition) is 3. The molecule has 0 fully saturated rings. The van der Waals surface area contributed by atoms with E-state index in [0.717, 1.165) is 5.56 Å². The van der Waals surface area contributed by atoms with E-state index in [1.165, 1.54) is 0 Å². The van der Waals surface area contributed by atoms with Gasteiger partial charge in [-0.2, -0.15) is 0 Å². The molecule has 0 saturated heterocycles. The molecule has 2 rings (SSSR count). The lowest BCUT2D eigenvalue weighted by atomic mass is 10.0. The highest BCUT2D eigenvalue weighted by atomic mass is 79.9. The number of amides is 1. The van der Waals surface area contributed by atoms with Gasteiger partial charge in [0.15, 0.2) is 0 Å². The second kappa shape index (κ2) is 9.03. The summed E-state index contributed by atoms with van der Waals surface area (Å²) in [5.41, 5.74) is 1.30. The number of halogens is 2. The molecule has 2 aromatic rings. The molecule has 0 aliphatic rings. The van der Waals surface area contributed by atoms with Crippen LogP contribution in [0.4, 0.5) is 4.79 Å². The summed E-state index contributed by atoms with van der Waals surface area (Å²) in [6, 6.07) is 14.1. The van der Waals surface area contributed by atoms with E-state index in [-0.39, 0.29) is 13.2 Å². The van der Waals surface area contributed by atoms with Crippen LogP contribution < -0.4 is 5.32 Å². The lowest BCUT2D eigenvalue weighted by Crippen LogP contribution is -2.35. The van der Waals surface area contributed by atoms with Crippen LogP contribution in [-0.2, 0) is 11.3 Å². The lowest BCUT2D eigenvalue weighted by Gasteiger charge is -2.19. The van der Waals surface area contributed by atoms with E-state index in [0.29, 0.717) is 15.1 Å². The van der Waals surface area contributed by atoms with Crippen molar-refractivity contribution in [1.82, 2.24) is 5.32 Å². The Morgan fingerprint density at radius 3 is 2.58 bits per heavy atom. The Bertz CT molecular complexity index is 663. The molecule has 0 heterocycles. The van der Waals surface area contributed by atoms with E-state index in [2.05, 4.69) is 21.2 Å². The van der Waals surface area contributed by atoms with Gasteiger partial charge in [-0.1, -0.05) is 57.9 Å². The number of alkyl carbamates (subject to hydrolysis) is 1. The zero-order chi connectivity index (χ0) is 17.5. The molecule has 2 aromatic carbocycles. The molecule has 3 N–H and O–H groups in total. The van der Waals surface area contributed by atoms with Crippen LogP contribution in [0.3, 0.4) is 0 Å². The first-order chi connectivity index (χ1) is 11.5. The molecule has 128 valence electrons. The van der Waals surface area contributed by atoms with Gasteiger partial charge in [0.1, 0.15) is 18.8 Å². The molecular weight excluding hydrogens is 398 g/mol. The maximum atomic E-state index is 11.6. The highest BCUT2D eigenvalue weighted by Gasteiger charge is 2.20. The number of rotatable bonds is 6. The Morgan fingerprint density at radius 2 is 1.92 bits per heavy atom. The molecule has 0 saturated carbocycles. The number of carbonyl (C=O) groups is 1. The Hall–Kier alpha value is -1.60. The van der Waals surface area contributed by atoms with E-state index in [4.69, 9.17) is 16.3 Å². The van der Waals surface area contributed by atoms with Crippen LogP contribution in [0.5, 0.6) is 0 Å². The minimum absolute atomic E-state index is 0.132. The van der Waals surface area contributed by atoms with Gasteiger partial charge in [-0.25, -0.2) is 4.79 Å². The Morgan fingerprint density at radius 1 is 1.21 bits per heavy atom. The molecule has 0 aliphatic carbocycles. The van der Waals surface area contributed by atoms with Gasteiger partial charge in [0.2, 0.25) is 0 Å². The average molecular weight is 415 g/mol.